The molecule has 0 aromatic carbocycles. The van der Waals surface area contributed by atoms with Crippen LogP contribution in [-0.4, -0.2) is 28.0 Å². The van der Waals surface area contributed by atoms with Crippen molar-refractivity contribution in [2.75, 3.05) is 18.5 Å². The van der Waals surface area contributed by atoms with Gasteiger partial charge in [-0.3, -0.25) is 4.79 Å². The van der Waals surface area contributed by atoms with Gasteiger partial charge in [0, 0.05) is 37.4 Å². The Hall–Kier alpha value is -0.840. The quantitative estimate of drug-likeness (QED) is 0.780. The van der Waals surface area contributed by atoms with Gasteiger partial charge < -0.3 is 9.47 Å². The van der Waals surface area contributed by atoms with Crippen molar-refractivity contribution in [2.24, 2.45) is 11.8 Å². The molecular formula is C14H22BrN3O. The van der Waals surface area contributed by atoms with Gasteiger partial charge in [0.15, 0.2) is 5.82 Å². The molecule has 0 unspecified atom stereocenters. The summed E-state index contributed by atoms with van der Waals surface area (Å²) in [5.41, 5.74) is 0.0217. The normalized spacial score (nSPS) is 22.4. The zero-order chi connectivity index (χ0) is 14.0. The first-order valence-electron chi connectivity index (χ1n) is 6.88. The number of anilines is 1. The van der Waals surface area contributed by atoms with Gasteiger partial charge in [-0.15, -0.1) is 0 Å². The Morgan fingerprint density at radius 3 is 2.79 bits per heavy atom. The molecule has 0 atom stereocenters. The maximum absolute atomic E-state index is 12.3. The summed E-state index contributed by atoms with van der Waals surface area (Å²) in [6.07, 6.45) is 5.88. The number of alkyl halides is 1. The van der Waals surface area contributed by atoms with Crippen LogP contribution in [0.4, 0.5) is 5.82 Å². The number of halogens is 1. The highest BCUT2D eigenvalue weighted by Gasteiger charge is 2.28. The maximum atomic E-state index is 12.3. The van der Waals surface area contributed by atoms with Crippen molar-refractivity contribution in [1.82, 2.24) is 9.55 Å². The molecule has 4 nitrogen and oxygen atoms in total. The van der Waals surface area contributed by atoms with Crippen molar-refractivity contribution >= 4 is 21.7 Å². The van der Waals surface area contributed by atoms with Crippen LogP contribution in [0.1, 0.15) is 26.7 Å². The molecule has 1 aliphatic carbocycles. The Balaban J connectivity index is 2.08. The van der Waals surface area contributed by atoms with E-state index in [0.717, 1.165) is 13.1 Å². The van der Waals surface area contributed by atoms with Crippen LogP contribution in [0.25, 0.3) is 0 Å². The van der Waals surface area contributed by atoms with Crippen molar-refractivity contribution in [3.63, 3.8) is 0 Å². The van der Waals surface area contributed by atoms with Crippen LogP contribution in [0.5, 0.6) is 0 Å². The summed E-state index contributed by atoms with van der Waals surface area (Å²) >= 11 is 3.60. The van der Waals surface area contributed by atoms with E-state index in [4.69, 9.17) is 0 Å². The SMILES string of the molecule is CC(C)Cn1ccnc(N(C)CC2CC(Br)C2)c1=O. The van der Waals surface area contributed by atoms with E-state index in [9.17, 15) is 4.79 Å². The van der Waals surface area contributed by atoms with Crippen molar-refractivity contribution in [1.29, 1.82) is 0 Å². The van der Waals surface area contributed by atoms with Gasteiger partial charge in [0.25, 0.3) is 5.56 Å². The standard InChI is InChI=1S/C14H22BrN3O/c1-10(2)8-18-5-4-16-13(14(18)19)17(3)9-11-6-12(15)7-11/h4-5,10-12H,6-9H2,1-3H3. The lowest BCUT2D eigenvalue weighted by molar-refractivity contribution is 0.338. The van der Waals surface area contributed by atoms with E-state index >= 15 is 0 Å². The van der Waals surface area contributed by atoms with Crippen LogP contribution in [0.15, 0.2) is 17.2 Å². The minimum Gasteiger partial charge on any atom is -0.355 e. The van der Waals surface area contributed by atoms with Crippen LogP contribution in [0.2, 0.25) is 0 Å². The van der Waals surface area contributed by atoms with Gasteiger partial charge in [-0.25, -0.2) is 4.98 Å². The number of hydrogen-bond acceptors (Lipinski definition) is 3. The predicted molar refractivity (Wildman–Crippen MR) is 82.0 cm³/mol. The van der Waals surface area contributed by atoms with Crippen molar-refractivity contribution in [2.45, 2.75) is 38.1 Å². The summed E-state index contributed by atoms with van der Waals surface area (Å²) in [7, 11) is 1.96. The first-order valence-corrected chi connectivity index (χ1v) is 7.79. The van der Waals surface area contributed by atoms with Crippen LogP contribution < -0.4 is 10.5 Å². The highest BCUT2D eigenvalue weighted by Crippen LogP contribution is 2.33. The smallest absolute Gasteiger partial charge is 0.293 e. The fraction of sp³-hybridized carbons (Fsp3) is 0.714. The average molecular weight is 328 g/mol. The second kappa shape index (κ2) is 6.07. The van der Waals surface area contributed by atoms with E-state index in [-0.39, 0.29) is 5.56 Å². The Bertz CT molecular complexity index is 480. The number of aromatic nitrogens is 2. The Kier molecular flexibility index (Phi) is 4.66. The minimum absolute atomic E-state index is 0.0217. The number of rotatable bonds is 5. The first kappa shape index (κ1) is 14.6. The summed E-state index contributed by atoms with van der Waals surface area (Å²) in [6.45, 7) is 5.88. The highest BCUT2D eigenvalue weighted by molar-refractivity contribution is 9.09. The third kappa shape index (κ3) is 3.59. The molecule has 0 amide bonds. The number of hydrogen-bond donors (Lipinski definition) is 0. The van der Waals surface area contributed by atoms with E-state index in [1.165, 1.54) is 12.8 Å². The molecule has 0 saturated heterocycles. The van der Waals surface area contributed by atoms with Crippen LogP contribution >= 0.6 is 15.9 Å². The van der Waals surface area contributed by atoms with Crippen molar-refractivity contribution in [3.8, 4) is 0 Å². The molecule has 5 heteroatoms. The lowest BCUT2D eigenvalue weighted by Gasteiger charge is -2.34. The van der Waals surface area contributed by atoms with Crippen LogP contribution in [-0.2, 0) is 6.54 Å². The molecule has 106 valence electrons. The molecule has 1 aromatic rings. The topological polar surface area (TPSA) is 38.1 Å². The van der Waals surface area contributed by atoms with Gasteiger partial charge in [0.1, 0.15) is 0 Å². The lowest BCUT2D eigenvalue weighted by atomic mass is 9.85. The molecule has 0 aliphatic heterocycles. The highest BCUT2D eigenvalue weighted by atomic mass is 79.9. The zero-order valence-corrected chi connectivity index (χ0v) is 13.4. The second-order valence-corrected chi connectivity index (χ2v) is 7.21. The summed E-state index contributed by atoms with van der Waals surface area (Å²) < 4.78 is 1.76. The zero-order valence-electron chi connectivity index (χ0n) is 11.8. The average Bonchev–Trinajstić information content (AvgIpc) is 2.29. The van der Waals surface area contributed by atoms with E-state index in [0.29, 0.717) is 22.5 Å². The Morgan fingerprint density at radius 1 is 1.53 bits per heavy atom. The maximum Gasteiger partial charge on any atom is 0.293 e. The lowest BCUT2D eigenvalue weighted by Crippen LogP contribution is -2.38. The Labute approximate surface area is 123 Å². The molecule has 0 bridgehead atoms. The fourth-order valence-electron chi connectivity index (χ4n) is 2.51. The molecule has 1 saturated carbocycles. The summed E-state index contributed by atoms with van der Waals surface area (Å²) in [6, 6.07) is 0. The predicted octanol–water partition coefficient (Wildman–Crippen LogP) is 2.51. The fourth-order valence-corrected chi connectivity index (χ4v) is 3.57. The van der Waals surface area contributed by atoms with Gasteiger partial charge in [-0.1, -0.05) is 29.8 Å². The van der Waals surface area contributed by atoms with Crippen molar-refractivity contribution < 1.29 is 0 Å². The van der Waals surface area contributed by atoms with Gasteiger partial charge in [-0.05, 0) is 24.7 Å². The summed E-state index contributed by atoms with van der Waals surface area (Å²) in [5.74, 6) is 1.70. The molecule has 1 aliphatic rings. The molecule has 2 rings (SSSR count). The molecule has 1 aromatic heterocycles. The van der Waals surface area contributed by atoms with Gasteiger partial charge >= 0.3 is 0 Å². The Morgan fingerprint density at radius 2 is 2.21 bits per heavy atom. The van der Waals surface area contributed by atoms with Crippen LogP contribution in [0, 0.1) is 11.8 Å². The molecule has 19 heavy (non-hydrogen) atoms. The van der Waals surface area contributed by atoms with Gasteiger partial charge in [0.2, 0.25) is 0 Å². The molecule has 0 radical (unpaired) electrons. The van der Waals surface area contributed by atoms with E-state index in [1.54, 1.807) is 17.0 Å². The van der Waals surface area contributed by atoms with E-state index in [1.807, 2.05) is 11.9 Å². The molecular weight excluding hydrogens is 306 g/mol. The summed E-state index contributed by atoms with van der Waals surface area (Å²) in [5, 5.41) is 0. The molecule has 1 heterocycles. The van der Waals surface area contributed by atoms with E-state index in [2.05, 4.69) is 34.8 Å². The molecule has 0 spiro atoms. The minimum atomic E-state index is 0.0217. The number of nitrogens with zero attached hydrogens (tertiary/aromatic N) is 3. The van der Waals surface area contributed by atoms with E-state index < -0.39 is 0 Å². The third-order valence-electron chi connectivity index (χ3n) is 3.53. The van der Waals surface area contributed by atoms with Crippen LogP contribution in [0.3, 0.4) is 0 Å². The van der Waals surface area contributed by atoms with Gasteiger partial charge in [0.05, 0.1) is 0 Å². The molecule has 1 fully saturated rings. The first-order chi connectivity index (χ1) is 8.97. The largest absolute Gasteiger partial charge is 0.355 e. The summed E-state index contributed by atoms with van der Waals surface area (Å²) in [4.78, 5) is 19.3. The monoisotopic (exact) mass is 327 g/mol. The van der Waals surface area contributed by atoms with Crippen molar-refractivity contribution in [3.05, 3.63) is 22.7 Å². The second-order valence-electron chi connectivity index (χ2n) is 5.92. The molecule has 0 N–H and O–H groups in total. The third-order valence-corrected chi connectivity index (χ3v) is 4.28. The van der Waals surface area contributed by atoms with Gasteiger partial charge in [-0.2, -0.15) is 0 Å².